The topological polar surface area (TPSA) is 42.6 Å². The van der Waals surface area contributed by atoms with Crippen molar-refractivity contribution < 1.29 is 4.79 Å². The predicted molar refractivity (Wildman–Crippen MR) is 122 cm³/mol. The van der Waals surface area contributed by atoms with Gasteiger partial charge >= 0.3 is 0 Å². The maximum absolute atomic E-state index is 12.9. The van der Waals surface area contributed by atoms with E-state index in [9.17, 15) is 4.79 Å². The number of para-hydroxylation sites is 2. The molecule has 0 aliphatic carbocycles. The highest BCUT2D eigenvalue weighted by Gasteiger charge is 2.27. The highest BCUT2D eigenvalue weighted by molar-refractivity contribution is 5.83. The van der Waals surface area contributed by atoms with Gasteiger partial charge in [0.1, 0.15) is 0 Å². The summed E-state index contributed by atoms with van der Waals surface area (Å²) >= 11 is 0. The minimum atomic E-state index is 0.285. The second-order valence-corrected chi connectivity index (χ2v) is 8.54. The standard InChI is InChI=1S/C25H30N4O/c30-25(29-16-14-28(15-17-29)21-6-2-1-3-7-21)19-27-12-10-20(11-13-27)23-18-26-24-9-5-4-8-22(23)24/h1-9,18,20,26H,10-17,19H2. The number of nitrogens with one attached hydrogen (secondary N) is 1. The summed E-state index contributed by atoms with van der Waals surface area (Å²) in [4.78, 5) is 23.0. The van der Waals surface area contributed by atoms with Crippen LogP contribution in [-0.2, 0) is 4.79 Å². The Kier molecular flexibility index (Phi) is 5.45. The lowest BCUT2D eigenvalue weighted by Crippen LogP contribution is -2.51. The summed E-state index contributed by atoms with van der Waals surface area (Å²) in [5.41, 5.74) is 3.91. The van der Waals surface area contributed by atoms with Crippen LogP contribution in [0.5, 0.6) is 0 Å². The van der Waals surface area contributed by atoms with E-state index in [0.29, 0.717) is 12.5 Å². The van der Waals surface area contributed by atoms with E-state index < -0.39 is 0 Å². The molecular formula is C25H30N4O. The Labute approximate surface area is 178 Å². The van der Waals surface area contributed by atoms with Crippen LogP contribution >= 0.6 is 0 Å². The lowest BCUT2D eigenvalue weighted by atomic mass is 9.89. The monoisotopic (exact) mass is 402 g/mol. The smallest absolute Gasteiger partial charge is 0.236 e. The van der Waals surface area contributed by atoms with Gasteiger partial charge in [0, 0.05) is 49.0 Å². The van der Waals surface area contributed by atoms with Crippen molar-refractivity contribution in [2.24, 2.45) is 0 Å². The van der Waals surface area contributed by atoms with Gasteiger partial charge in [0.15, 0.2) is 0 Å². The molecule has 0 atom stereocenters. The van der Waals surface area contributed by atoms with E-state index in [-0.39, 0.29) is 5.91 Å². The summed E-state index contributed by atoms with van der Waals surface area (Å²) in [7, 11) is 0. The summed E-state index contributed by atoms with van der Waals surface area (Å²) in [5, 5.41) is 1.35. The molecular weight excluding hydrogens is 372 g/mol. The molecule has 1 aromatic heterocycles. The summed E-state index contributed by atoms with van der Waals surface area (Å²) in [6.45, 7) is 6.03. The largest absolute Gasteiger partial charge is 0.368 e. The van der Waals surface area contributed by atoms with Gasteiger partial charge in [0.25, 0.3) is 0 Å². The molecule has 5 nitrogen and oxygen atoms in total. The maximum Gasteiger partial charge on any atom is 0.236 e. The lowest BCUT2D eigenvalue weighted by molar-refractivity contribution is -0.133. The summed E-state index contributed by atoms with van der Waals surface area (Å²) in [6.07, 6.45) is 4.43. The fraction of sp³-hybridized carbons (Fsp3) is 0.400. The molecule has 30 heavy (non-hydrogen) atoms. The molecule has 0 bridgehead atoms. The molecule has 1 amide bonds. The average molecular weight is 403 g/mol. The van der Waals surface area contributed by atoms with Crippen LogP contribution < -0.4 is 4.90 Å². The Morgan fingerprint density at radius 3 is 2.33 bits per heavy atom. The van der Waals surface area contributed by atoms with Gasteiger partial charge in [-0.25, -0.2) is 0 Å². The van der Waals surface area contributed by atoms with Gasteiger partial charge in [-0.05, 0) is 55.6 Å². The van der Waals surface area contributed by atoms with Crippen LogP contribution in [0.4, 0.5) is 5.69 Å². The van der Waals surface area contributed by atoms with Gasteiger partial charge in [-0.15, -0.1) is 0 Å². The van der Waals surface area contributed by atoms with Crippen molar-refractivity contribution in [2.75, 3.05) is 50.7 Å². The molecule has 5 heteroatoms. The van der Waals surface area contributed by atoms with Gasteiger partial charge in [-0.1, -0.05) is 36.4 Å². The number of H-pyrrole nitrogens is 1. The average Bonchev–Trinajstić information content (AvgIpc) is 3.24. The lowest BCUT2D eigenvalue weighted by Gasteiger charge is -2.38. The number of anilines is 1. The summed E-state index contributed by atoms with van der Waals surface area (Å²) in [5.74, 6) is 0.871. The Bertz CT molecular complexity index is 983. The normalized spacial score (nSPS) is 18.8. The molecule has 2 aliphatic rings. The Hall–Kier alpha value is -2.79. The van der Waals surface area contributed by atoms with Crippen LogP contribution in [0, 0.1) is 0 Å². The van der Waals surface area contributed by atoms with Crippen LogP contribution in [0.2, 0.25) is 0 Å². The molecule has 3 aromatic rings. The number of carbonyl (C=O) groups excluding carboxylic acids is 1. The highest BCUT2D eigenvalue weighted by atomic mass is 16.2. The zero-order valence-corrected chi connectivity index (χ0v) is 17.5. The van der Waals surface area contributed by atoms with Crippen molar-refractivity contribution in [1.82, 2.24) is 14.8 Å². The van der Waals surface area contributed by atoms with Crippen LogP contribution in [-0.4, -0.2) is 66.5 Å². The third-order valence-corrected chi connectivity index (χ3v) is 6.76. The highest BCUT2D eigenvalue weighted by Crippen LogP contribution is 2.33. The second kappa shape index (κ2) is 8.52. The number of piperazine rings is 1. The number of piperidine rings is 1. The molecule has 0 unspecified atom stereocenters. The fourth-order valence-electron chi connectivity index (χ4n) is 4.98. The van der Waals surface area contributed by atoms with E-state index in [2.05, 4.69) is 69.5 Å². The molecule has 5 rings (SSSR count). The molecule has 2 saturated heterocycles. The number of nitrogens with zero attached hydrogens (tertiary/aromatic N) is 3. The fourth-order valence-corrected chi connectivity index (χ4v) is 4.98. The predicted octanol–water partition coefficient (Wildman–Crippen LogP) is 3.70. The molecule has 156 valence electrons. The Morgan fingerprint density at radius 1 is 0.867 bits per heavy atom. The van der Waals surface area contributed by atoms with Crippen molar-refractivity contribution in [3.05, 3.63) is 66.4 Å². The number of aromatic amines is 1. The van der Waals surface area contributed by atoms with Crippen LogP contribution in [0.15, 0.2) is 60.8 Å². The molecule has 3 heterocycles. The number of carbonyl (C=O) groups is 1. The minimum absolute atomic E-state index is 0.285. The Balaban J connectivity index is 1.11. The first-order valence-electron chi connectivity index (χ1n) is 11.1. The third kappa shape index (κ3) is 3.94. The van der Waals surface area contributed by atoms with Crippen molar-refractivity contribution >= 4 is 22.5 Å². The van der Waals surface area contributed by atoms with Gasteiger partial charge in [0.05, 0.1) is 6.54 Å². The first-order valence-corrected chi connectivity index (χ1v) is 11.1. The van der Waals surface area contributed by atoms with E-state index >= 15 is 0 Å². The van der Waals surface area contributed by atoms with Crippen molar-refractivity contribution in [1.29, 1.82) is 0 Å². The summed E-state index contributed by atoms with van der Waals surface area (Å²) in [6, 6.07) is 19.0. The maximum atomic E-state index is 12.9. The van der Waals surface area contributed by atoms with E-state index in [1.54, 1.807) is 0 Å². The molecule has 2 aromatic carbocycles. The Morgan fingerprint density at radius 2 is 1.57 bits per heavy atom. The van der Waals surface area contributed by atoms with Crippen LogP contribution in [0.25, 0.3) is 10.9 Å². The molecule has 0 radical (unpaired) electrons. The number of hydrogen-bond acceptors (Lipinski definition) is 3. The number of likely N-dealkylation sites (tertiary alicyclic amines) is 1. The zero-order valence-electron chi connectivity index (χ0n) is 17.5. The van der Waals surface area contributed by atoms with E-state index in [0.717, 1.165) is 52.1 Å². The van der Waals surface area contributed by atoms with E-state index in [1.807, 2.05) is 11.0 Å². The number of benzene rings is 2. The molecule has 0 spiro atoms. The minimum Gasteiger partial charge on any atom is -0.368 e. The second-order valence-electron chi connectivity index (χ2n) is 8.54. The van der Waals surface area contributed by atoms with Crippen molar-refractivity contribution in [3.63, 3.8) is 0 Å². The van der Waals surface area contributed by atoms with E-state index in [4.69, 9.17) is 0 Å². The summed E-state index contributed by atoms with van der Waals surface area (Å²) < 4.78 is 0. The number of amides is 1. The van der Waals surface area contributed by atoms with Crippen LogP contribution in [0.3, 0.4) is 0 Å². The van der Waals surface area contributed by atoms with E-state index in [1.165, 1.54) is 22.2 Å². The van der Waals surface area contributed by atoms with Gasteiger partial charge in [-0.3, -0.25) is 9.69 Å². The number of rotatable bonds is 4. The first-order chi connectivity index (χ1) is 14.8. The quantitative estimate of drug-likeness (QED) is 0.724. The number of hydrogen-bond donors (Lipinski definition) is 1. The van der Waals surface area contributed by atoms with Gasteiger partial charge in [-0.2, -0.15) is 0 Å². The molecule has 0 saturated carbocycles. The van der Waals surface area contributed by atoms with Crippen molar-refractivity contribution in [3.8, 4) is 0 Å². The molecule has 1 N–H and O–H groups in total. The van der Waals surface area contributed by atoms with Gasteiger partial charge < -0.3 is 14.8 Å². The van der Waals surface area contributed by atoms with Crippen LogP contribution in [0.1, 0.15) is 24.3 Å². The zero-order chi connectivity index (χ0) is 20.3. The molecule has 2 aliphatic heterocycles. The van der Waals surface area contributed by atoms with Gasteiger partial charge in [0.2, 0.25) is 5.91 Å². The third-order valence-electron chi connectivity index (χ3n) is 6.76. The first kappa shape index (κ1) is 19.2. The SMILES string of the molecule is O=C(CN1CCC(c2c[nH]c3ccccc23)CC1)N1CCN(c2ccccc2)CC1. The van der Waals surface area contributed by atoms with Crippen molar-refractivity contribution in [2.45, 2.75) is 18.8 Å². The number of aromatic nitrogens is 1. The number of fused-ring (bicyclic) bond motifs is 1. The molecule has 2 fully saturated rings.